The Kier molecular flexibility index (Phi) is 5.77. The molecular formula is C17H21ClN2O3. The normalized spacial score (nSPS) is 16.1. The molecule has 5 nitrogen and oxygen atoms in total. The summed E-state index contributed by atoms with van der Waals surface area (Å²) in [5, 5.41) is 3.62. The van der Waals surface area contributed by atoms with E-state index in [1.54, 1.807) is 12.1 Å². The van der Waals surface area contributed by atoms with Crippen LogP contribution in [-0.4, -0.2) is 29.2 Å². The first kappa shape index (κ1) is 17.5. The zero-order valence-electron chi connectivity index (χ0n) is 13.3. The van der Waals surface area contributed by atoms with Crippen LogP contribution in [0.2, 0.25) is 5.02 Å². The summed E-state index contributed by atoms with van der Waals surface area (Å²) in [4.78, 5) is 36.4. The number of nitrogens with one attached hydrogen (secondary N) is 1. The third-order valence-corrected chi connectivity index (χ3v) is 4.18. The first-order valence-corrected chi connectivity index (χ1v) is 8.14. The number of hydrogen-bond donors (Lipinski definition) is 1. The van der Waals surface area contributed by atoms with Gasteiger partial charge in [-0.15, -0.1) is 0 Å². The number of hydrogen-bond acceptors (Lipinski definition) is 3. The van der Waals surface area contributed by atoms with Gasteiger partial charge in [0.15, 0.2) is 0 Å². The maximum Gasteiger partial charge on any atom is 0.229 e. The van der Waals surface area contributed by atoms with E-state index in [0.717, 1.165) is 5.56 Å². The fourth-order valence-corrected chi connectivity index (χ4v) is 2.76. The molecule has 1 unspecified atom stereocenters. The maximum atomic E-state index is 12.2. The summed E-state index contributed by atoms with van der Waals surface area (Å²) in [5.41, 5.74) is 0.978. The van der Waals surface area contributed by atoms with Crippen molar-refractivity contribution in [3.05, 3.63) is 34.9 Å². The molecule has 1 fully saturated rings. The molecule has 6 heteroatoms. The summed E-state index contributed by atoms with van der Waals surface area (Å²) in [6, 6.07) is 7.23. The number of imide groups is 1. The molecule has 0 aliphatic carbocycles. The van der Waals surface area contributed by atoms with E-state index in [-0.39, 0.29) is 55.5 Å². The molecule has 23 heavy (non-hydrogen) atoms. The van der Waals surface area contributed by atoms with Crippen molar-refractivity contribution in [1.82, 2.24) is 10.2 Å². The molecule has 1 aromatic carbocycles. The smallest absolute Gasteiger partial charge is 0.229 e. The van der Waals surface area contributed by atoms with E-state index in [4.69, 9.17) is 11.6 Å². The number of carbonyl (C=O) groups excluding carboxylic acids is 3. The Balaban J connectivity index is 1.94. The third-order valence-electron chi connectivity index (χ3n) is 3.93. The molecule has 124 valence electrons. The van der Waals surface area contributed by atoms with Crippen LogP contribution >= 0.6 is 11.6 Å². The summed E-state index contributed by atoms with van der Waals surface area (Å²) < 4.78 is 0. The van der Waals surface area contributed by atoms with Crippen LogP contribution < -0.4 is 5.32 Å². The molecule has 1 saturated heterocycles. The standard InChI is InChI=1S/C17H21ClN2O3/c1-11(2)17(12-3-5-13(18)6-4-12)19-14(21)9-10-20-15(22)7-8-16(20)23/h3-6,11,17H,7-10H2,1-2H3,(H,19,21). The van der Waals surface area contributed by atoms with Gasteiger partial charge < -0.3 is 5.32 Å². The first-order valence-electron chi connectivity index (χ1n) is 7.76. The molecule has 1 atom stereocenters. The van der Waals surface area contributed by atoms with Crippen molar-refractivity contribution in [3.8, 4) is 0 Å². The molecule has 0 bridgehead atoms. The Morgan fingerprint density at radius 3 is 2.26 bits per heavy atom. The third kappa shape index (κ3) is 4.55. The number of benzene rings is 1. The van der Waals surface area contributed by atoms with Crippen LogP contribution in [0.1, 0.15) is 44.7 Å². The van der Waals surface area contributed by atoms with Gasteiger partial charge in [-0.1, -0.05) is 37.6 Å². The van der Waals surface area contributed by atoms with Crippen molar-refractivity contribution in [3.63, 3.8) is 0 Å². The maximum absolute atomic E-state index is 12.2. The lowest BCUT2D eigenvalue weighted by Gasteiger charge is -2.23. The zero-order chi connectivity index (χ0) is 17.0. The Morgan fingerprint density at radius 2 is 1.74 bits per heavy atom. The quantitative estimate of drug-likeness (QED) is 0.812. The molecule has 1 aliphatic rings. The van der Waals surface area contributed by atoms with Crippen molar-refractivity contribution in [1.29, 1.82) is 0 Å². The fraction of sp³-hybridized carbons (Fsp3) is 0.471. The number of halogens is 1. The van der Waals surface area contributed by atoms with E-state index in [1.807, 2.05) is 26.0 Å². The van der Waals surface area contributed by atoms with Crippen LogP contribution in [0.5, 0.6) is 0 Å². The second-order valence-electron chi connectivity index (χ2n) is 6.03. The van der Waals surface area contributed by atoms with Crippen LogP contribution in [0.15, 0.2) is 24.3 Å². The molecule has 0 aromatic heterocycles. The topological polar surface area (TPSA) is 66.5 Å². The van der Waals surface area contributed by atoms with Crippen LogP contribution in [-0.2, 0) is 14.4 Å². The second-order valence-corrected chi connectivity index (χ2v) is 6.47. The van der Waals surface area contributed by atoms with Gasteiger partial charge in [-0.2, -0.15) is 0 Å². The van der Waals surface area contributed by atoms with Gasteiger partial charge in [0, 0.05) is 30.8 Å². The predicted molar refractivity (Wildman–Crippen MR) is 87.7 cm³/mol. The highest BCUT2D eigenvalue weighted by Crippen LogP contribution is 2.23. The predicted octanol–water partition coefficient (Wildman–Crippen LogP) is 2.69. The highest BCUT2D eigenvalue weighted by Gasteiger charge is 2.29. The average Bonchev–Trinajstić information content (AvgIpc) is 2.82. The van der Waals surface area contributed by atoms with E-state index in [1.165, 1.54) is 4.90 Å². The van der Waals surface area contributed by atoms with Gasteiger partial charge in [-0.05, 0) is 23.6 Å². The lowest BCUT2D eigenvalue weighted by molar-refractivity contribution is -0.138. The number of nitrogens with zero attached hydrogens (tertiary/aromatic N) is 1. The molecular weight excluding hydrogens is 316 g/mol. The number of likely N-dealkylation sites (tertiary alicyclic amines) is 1. The summed E-state index contributed by atoms with van der Waals surface area (Å²) in [6.45, 7) is 4.19. The Bertz CT molecular complexity index is 582. The highest BCUT2D eigenvalue weighted by molar-refractivity contribution is 6.30. The lowest BCUT2D eigenvalue weighted by Crippen LogP contribution is -2.36. The highest BCUT2D eigenvalue weighted by atomic mass is 35.5. The van der Waals surface area contributed by atoms with Crippen molar-refractivity contribution in [2.45, 2.75) is 39.2 Å². The molecule has 0 saturated carbocycles. The Hall–Kier alpha value is -1.88. The van der Waals surface area contributed by atoms with Crippen molar-refractivity contribution >= 4 is 29.3 Å². The molecule has 0 radical (unpaired) electrons. The molecule has 1 heterocycles. The zero-order valence-corrected chi connectivity index (χ0v) is 14.1. The van der Waals surface area contributed by atoms with Crippen LogP contribution in [0.4, 0.5) is 0 Å². The van der Waals surface area contributed by atoms with Gasteiger partial charge in [0.05, 0.1) is 6.04 Å². The summed E-state index contributed by atoms with van der Waals surface area (Å²) in [7, 11) is 0. The van der Waals surface area contributed by atoms with Gasteiger partial charge in [0.1, 0.15) is 0 Å². The van der Waals surface area contributed by atoms with Gasteiger partial charge in [0.2, 0.25) is 17.7 Å². The van der Waals surface area contributed by atoms with Gasteiger partial charge in [-0.3, -0.25) is 19.3 Å². The van der Waals surface area contributed by atoms with Gasteiger partial charge in [-0.25, -0.2) is 0 Å². The monoisotopic (exact) mass is 336 g/mol. The minimum Gasteiger partial charge on any atom is -0.349 e. The van der Waals surface area contributed by atoms with Crippen LogP contribution in [0.3, 0.4) is 0 Å². The van der Waals surface area contributed by atoms with Crippen molar-refractivity contribution < 1.29 is 14.4 Å². The number of carbonyl (C=O) groups is 3. The van der Waals surface area contributed by atoms with Gasteiger partial charge >= 0.3 is 0 Å². The summed E-state index contributed by atoms with van der Waals surface area (Å²) in [6.07, 6.45) is 0.619. The van der Waals surface area contributed by atoms with Crippen molar-refractivity contribution in [2.24, 2.45) is 5.92 Å². The minimum absolute atomic E-state index is 0.119. The molecule has 3 amide bonds. The largest absolute Gasteiger partial charge is 0.349 e. The lowest BCUT2D eigenvalue weighted by atomic mass is 9.96. The molecule has 1 aliphatic heterocycles. The second kappa shape index (κ2) is 7.59. The Morgan fingerprint density at radius 1 is 1.17 bits per heavy atom. The summed E-state index contributed by atoms with van der Waals surface area (Å²) in [5.74, 6) is -0.358. The van der Waals surface area contributed by atoms with E-state index in [9.17, 15) is 14.4 Å². The van der Waals surface area contributed by atoms with E-state index in [2.05, 4.69) is 5.32 Å². The Labute approximate surface area is 141 Å². The summed E-state index contributed by atoms with van der Waals surface area (Å²) >= 11 is 5.89. The molecule has 1 aromatic rings. The molecule has 2 rings (SSSR count). The number of rotatable bonds is 6. The van der Waals surface area contributed by atoms with Gasteiger partial charge in [0.25, 0.3) is 0 Å². The first-order chi connectivity index (χ1) is 10.9. The van der Waals surface area contributed by atoms with Crippen LogP contribution in [0.25, 0.3) is 0 Å². The average molecular weight is 337 g/mol. The SMILES string of the molecule is CC(C)C(NC(=O)CCN1C(=O)CCC1=O)c1ccc(Cl)cc1. The molecule has 1 N–H and O–H groups in total. The van der Waals surface area contributed by atoms with Crippen LogP contribution in [0, 0.1) is 5.92 Å². The van der Waals surface area contributed by atoms with E-state index in [0.29, 0.717) is 5.02 Å². The fourth-order valence-electron chi connectivity index (χ4n) is 2.64. The molecule has 0 spiro atoms. The minimum atomic E-state index is -0.194. The van der Waals surface area contributed by atoms with Crippen molar-refractivity contribution in [2.75, 3.05) is 6.54 Å². The van der Waals surface area contributed by atoms with E-state index < -0.39 is 0 Å². The van der Waals surface area contributed by atoms with E-state index >= 15 is 0 Å². The number of amides is 3.